The second-order valence-corrected chi connectivity index (χ2v) is 6.59. The van der Waals surface area contributed by atoms with E-state index in [1.807, 2.05) is 0 Å². The molecule has 2 aromatic heterocycles. The molecule has 0 fully saturated rings. The molecule has 3 aromatic rings. The molecule has 0 unspecified atom stereocenters. The van der Waals surface area contributed by atoms with E-state index in [-0.39, 0.29) is 24.5 Å². The summed E-state index contributed by atoms with van der Waals surface area (Å²) >= 11 is 0. The van der Waals surface area contributed by atoms with E-state index in [0.717, 1.165) is 6.07 Å². The Hall–Kier alpha value is -3.20. The van der Waals surface area contributed by atoms with Gasteiger partial charge in [0, 0.05) is 23.5 Å². The van der Waals surface area contributed by atoms with Gasteiger partial charge < -0.3 is 20.5 Å². The molecule has 3 N–H and O–H groups in total. The molecule has 4 rings (SSSR count). The maximum Gasteiger partial charge on any atom is 0.168 e. The number of benzene rings is 1. The minimum Gasteiger partial charge on any atom is -0.483 e. The second kappa shape index (κ2) is 7.08. The van der Waals surface area contributed by atoms with Crippen LogP contribution in [0.1, 0.15) is 24.1 Å². The van der Waals surface area contributed by atoms with Crippen LogP contribution in [0.5, 0.6) is 5.75 Å². The summed E-state index contributed by atoms with van der Waals surface area (Å²) in [5.41, 5.74) is 2.07. The standard InChI is InChI=1S/C19H19F2N5O2/c1-10-15-8-23-26-4-3-17(25-19(15)26)24-11(2)14-5-12(20)6-16(21)18(14)28-13(9-27)7-22-10/h3-6,8,11,13,22,27H,1,7,9H2,2H3,(H,24,25)/t11-,13+/m1/s1. The summed E-state index contributed by atoms with van der Waals surface area (Å²) in [6.45, 7) is 5.52. The molecule has 28 heavy (non-hydrogen) atoms. The smallest absolute Gasteiger partial charge is 0.168 e. The van der Waals surface area contributed by atoms with Crippen LogP contribution in [0.2, 0.25) is 0 Å². The number of fused-ring (bicyclic) bond motifs is 2. The van der Waals surface area contributed by atoms with E-state index >= 15 is 0 Å². The van der Waals surface area contributed by atoms with Crippen LogP contribution in [0, 0.1) is 11.6 Å². The highest BCUT2D eigenvalue weighted by molar-refractivity contribution is 5.73. The van der Waals surface area contributed by atoms with E-state index in [4.69, 9.17) is 4.74 Å². The number of ether oxygens (including phenoxy) is 1. The summed E-state index contributed by atoms with van der Waals surface area (Å²) in [6.07, 6.45) is 2.59. The van der Waals surface area contributed by atoms with Gasteiger partial charge in [-0.2, -0.15) is 5.10 Å². The highest BCUT2D eigenvalue weighted by Gasteiger charge is 2.23. The Bertz CT molecular complexity index is 1050. The first kappa shape index (κ1) is 18.2. The van der Waals surface area contributed by atoms with Crippen molar-refractivity contribution in [3.05, 3.63) is 59.9 Å². The lowest BCUT2D eigenvalue weighted by Crippen LogP contribution is -2.34. The molecule has 3 heterocycles. The SMILES string of the molecule is C=C1NC[C@@H](CO)Oc2c(F)cc(F)cc2[C@@H](C)Nc2ccn3ncc1c3n2. The Morgan fingerprint density at radius 1 is 1.39 bits per heavy atom. The van der Waals surface area contributed by atoms with E-state index in [9.17, 15) is 13.9 Å². The largest absolute Gasteiger partial charge is 0.483 e. The number of rotatable bonds is 1. The zero-order valence-electron chi connectivity index (χ0n) is 15.1. The molecule has 146 valence electrons. The van der Waals surface area contributed by atoms with E-state index in [0.29, 0.717) is 22.7 Å². The quantitative estimate of drug-likeness (QED) is 0.595. The van der Waals surface area contributed by atoms with Crippen molar-refractivity contribution in [2.75, 3.05) is 18.5 Å². The Morgan fingerprint density at radius 3 is 3.00 bits per heavy atom. The van der Waals surface area contributed by atoms with E-state index in [2.05, 4.69) is 27.3 Å². The van der Waals surface area contributed by atoms with Gasteiger partial charge in [-0.15, -0.1) is 0 Å². The molecule has 0 radical (unpaired) electrons. The average Bonchev–Trinajstić information content (AvgIpc) is 3.08. The van der Waals surface area contributed by atoms with Gasteiger partial charge in [0.2, 0.25) is 0 Å². The van der Waals surface area contributed by atoms with Gasteiger partial charge in [-0.05, 0) is 19.1 Å². The first-order valence-electron chi connectivity index (χ1n) is 8.76. The van der Waals surface area contributed by atoms with Crippen LogP contribution >= 0.6 is 0 Å². The number of aromatic nitrogens is 3. The number of aliphatic hydroxyl groups excluding tert-OH is 1. The Labute approximate surface area is 159 Å². The van der Waals surface area contributed by atoms with Gasteiger partial charge in [-0.25, -0.2) is 18.3 Å². The number of aliphatic hydroxyl groups is 1. The van der Waals surface area contributed by atoms with Crippen LogP contribution in [0.4, 0.5) is 14.6 Å². The van der Waals surface area contributed by atoms with E-state index in [1.54, 1.807) is 29.9 Å². The monoisotopic (exact) mass is 387 g/mol. The van der Waals surface area contributed by atoms with Crippen molar-refractivity contribution >= 4 is 17.2 Å². The highest BCUT2D eigenvalue weighted by Crippen LogP contribution is 2.32. The van der Waals surface area contributed by atoms with Gasteiger partial charge in [0.15, 0.2) is 17.2 Å². The molecule has 1 aliphatic rings. The number of hydrogen-bond donors (Lipinski definition) is 3. The average molecular weight is 387 g/mol. The highest BCUT2D eigenvalue weighted by atomic mass is 19.1. The van der Waals surface area contributed by atoms with Gasteiger partial charge in [-0.1, -0.05) is 6.58 Å². The van der Waals surface area contributed by atoms with Gasteiger partial charge in [-0.3, -0.25) is 0 Å². The van der Waals surface area contributed by atoms with E-state index < -0.39 is 23.8 Å². The first-order chi connectivity index (χ1) is 13.5. The molecule has 0 saturated carbocycles. The predicted molar refractivity (Wildman–Crippen MR) is 99.9 cm³/mol. The fraction of sp³-hybridized carbons (Fsp3) is 0.263. The summed E-state index contributed by atoms with van der Waals surface area (Å²) in [5.74, 6) is -1.17. The normalized spacial score (nSPS) is 19.6. The first-order valence-corrected chi connectivity index (χ1v) is 8.76. The zero-order chi connectivity index (χ0) is 19.8. The molecule has 0 saturated heterocycles. The van der Waals surface area contributed by atoms with Gasteiger partial charge in [0.1, 0.15) is 17.7 Å². The van der Waals surface area contributed by atoms with Crippen LogP contribution in [0.25, 0.3) is 11.3 Å². The molecular weight excluding hydrogens is 368 g/mol. The molecule has 2 atom stereocenters. The van der Waals surface area contributed by atoms with Crippen molar-refractivity contribution in [3.8, 4) is 5.75 Å². The summed E-state index contributed by atoms with van der Waals surface area (Å²) < 4.78 is 35.7. The topological polar surface area (TPSA) is 83.7 Å². The van der Waals surface area contributed by atoms with Crippen molar-refractivity contribution in [3.63, 3.8) is 0 Å². The van der Waals surface area contributed by atoms with Crippen molar-refractivity contribution < 1.29 is 18.6 Å². The number of nitrogens with one attached hydrogen (secondary N) is 2. The van der Waals surface area contributed by atoms with Crippen LogP contribution in [-0.2, 0) is 0 Å². The lowest BCUT2D eigenvalue weighted by Gasteiger charge is -2.23. The van der Waals surface area contributed by atoms with Crippen molar-refractivity contribution in [2.45, 2.75) is 19.1 Å². The summed E-state index contributed by atoms with van der Waals surface area (Å²) in [6, 6.07) is 3.16. The van der Waals surface area contributed by atoms with Crippen LogP contribution < -0.4 is 15.4 Å². The third-order valence-corrected chi connectivity index (χ3v) is 4.59. The molecule has 1 aliphatic heterocycles. The van der Waals surface area contributed by atoms with Gasteiger partial charge >= 0.3 is 0 Å². The maximum absolute atomic E-state index is 14.5. The molecule has 2 bridgehead atoms. The molecular formula is C19H19F2N5O2. The van der Waals surface area contributed by atoms with Crippen molar-refractivity contribution in [1.82, 2.24) is 19.9 Å². The molecule has 0 spiro atoms. The molecule has 9 heteroatoms. The zero-order valence-corrected chi connectivity index (χ0v) is 15.1. The number of nitrogens with zero attached hydrogens (tertiary/aromatic N) is 3. The minimum atomic E-state index is -0.837. The van der Waals surface area contributed by atoms with Gasteiger partial charge in [0.05, 0.1) is 31.0 Å². The van der Waals surface area contributed by atoms with Crippen molar-refractivity contribution in [1.29, 1.82) is 0 Å². The minimum absolute atomic E-state index is 0.115. The van der Waals surface area contributed by atoms with Gasteiger partial charge in [0.25, 0.3) is 0 Å². The Morgan fingerprint density at radius 2 is 2.21 bits per heavy atom. The Kier molecular flexibility index (Phi) is 4.60. The maximum atomic E-state index is 14.5. The third kappa shape index (κ3) is 3.24. The Balaban J connectivity index is 1.85. The summed E-state index contributed by atoms with van der Waals surface area (Å²) in [5, 5.41) is 20.1. The van der Waals surface area contributed by atoms with Crippen LogP contribution in [0.15, 0.2) is 37.2 Å². The lowest BCUT2D eigenvalue weighted by atomic mass is 10.1. The predicted octanol–water partition coefficient (Wildman–Crippen LogP) is 2.49. The van der Waals surface area contributed by atoms with Crippen LogP contribution in [-0.4, -0.2) is 39.0 Å². The summed E-state index contributed by atoms with van der Waals surface area (Å²) in [4.78, 5) is 4.55. The third-order valence-electron chi connectivity index (χ3n) is 4.59. The molecule has 0 aliphatic carbocycles. The second-order valence-electron chi connectivity index (χ2n) is 6.59. The fourth-order valence-electron chi connectivity index (χ4n) is 3.13. The fourth-order valence-corrected chi connectivity index (χ4v) is 3.13. The molecule has 1 aromatic carbocycles. The lowest BCUT2D eigenvalue weighted by molar-refractivity contribution is 0.112. The molecule has 0 amide bonds. The van der Waals surface area contributed by atoms with Crippen molar-refractivity contribution in [2.24, 2.45) is 0 Å². The molecule has 7 nitrogen and oxygen atoms in total. The summed E-state index contributed by atoms with van der Waals surface area (Å²) in [7, 11) is 0. The number of halogens is 2. The van der Waals surface area contributed by atoms with E-state index in [1.165, 1.54) is 6.07 Å². The van der Waals surface area contributed by atoms with Crippen LogP contribution in [0.3, 0.4) is 0 Å². The number of anilines is 1. The number of hydrogen-bond acceptors (Lipinski definition) is 6.